The number of benzene rings is 1. The second-order valence-corrected chi connectivity index (χ2v) is 10.5. The van der Waals surface area contributed by atoms with Gasteiger partial charge in [0.1, 0.15) is 22.5 Å². The molecule has 29 heavy (non-hydrogen) atoms. The number of amides is 1. The first-order chi connectivity index (χ1) is 13.6. The van der Waals surface area contributed by atoms with Crippen molar-refractivity contribution in [3.63, 3.8) is 0 Å². The number of fused-ring (bicyclic) bond motifs is 1. The first kappa shape index (κ1) is 20.4. The number of hydrogen-bond acceptors (Lipinski definition) is 4. The van der Waals surface area contributed by atoms with E-state index >= 15 is 0 Å². The van der Waals surface area contributed by atoms with Crippen molar-refractivity contribution in [3.05, 3.63) is 56.2 Å². The maximum Gasteiger partial charge on any atom is 0.256 e. The van der Waals surface area contributed by atoms with Crippen molar-refractivity contribution >= 4 is 37.8 Å². The molecule has 0 unspecified atom stereocenters. The summed E-state index contributed by atoms with van der Waals surface area (Å²) >= 11 is 6.82. The molecule has 0 bridgehead atoms. The third kappa shape index (κ3) is 3.08. The lowest BCUT2D eigenvalue weighted by molar-refractivity contribution is -0.199. The molecule has 2 heterocycles. The zero-order valence-electron chi connectivity index (χ0n) is 16.7. The largest absolute Gasteiger partial charge is 0.489 e. The maximum absolute atomic E-state index is 13.1. The van der Waals surface area contributed by atoms with E-state index in [9.17, 15) is 4.79 Å². The second-order valence-electron chi connectivity index (χ2n) is 8.86. The van der Waals surface area contributed by atoms with Crippen LogP contribution < -0.4 is 4.74 Å². The molecule has 1 aromatic heterocycles. The Morgan fingerprint density at radius 3 is 2.48 bits per heavy atom. The molecule has 1 aliphatic carbocycles. The van der Waals surface area contributed by atoms with Gasteiger partial charge in [0.15, 0.2) is 0 Å². The van der Waals surface area contributed by atoms with Crippen LogP contribution in [0.2, 0.25) is 0 Å². The van der Waals surface area contributed by atoms with E-state index in [0.29, 0.717) is 27.9 Å². The van der Waals surface area contributed by atoms with Crippen molar-refractivity contribution in [2.45, 2.75) is 46.4 Å². The first-order valence-electron chi connectivity index (χ1n) is 9.40. The number of pyridine rings is 1. The van der Waals surface area contributed by atoms with Gasteiger partial charge < -0.3 is 9.64 Å². The average molecular weight is 519 g/mol. The zero-order chi connectivity index (χ0) is 21.1. The molecule has 2 aliphatic rings. The maximum atomic E-state index is 13.1. The Bertz CT molecular complexity index is 1040. The summed E-state index contributed by atoms with van der Waals surface area (Å²) in [6, 6.07) is 11.2. The van der Waals surface area contributed by atoms with E-state index in [2.05, 4.69) is 70.6 Å². The summed E-state index contributed by atoms with van der Waals surface area (Å²) in [4.78, 5) is 19.5. The Labute approximate surface area is 187 Å². The Morgan fingerprint density at radius 1 is 1.17 bits per heavy atom. The predicted molar refractivity (Wildman–Crippen MR) is 116 cm³/mol. The van der Waals surface area contributed by atoms with Gasteiger partial charge >= 0.3 is 0 Å². The van der Waals surface area contributed by atoms with Crippen molar-refractivity contribution in [1.82, 2.24) is 9.88 Å². The molecule has 1 aromatic carbocycles. The van der Waals surface area contributed by atoms with Crippen LogP contribution in [0.25, 0.3) is 0 Å². The number of halogens is 2. The summed E-state index contributed by atoms with van der Waals surface area (Å²) in [5, 5.41) is 9.12. The molecule has 2 aromatic rings. The van der Waals surface area contributed by atoms with Crippen molar-refractivity contribution in [2.24, 2.45) is 10.8 Å². The number of nitriles is 1. The van der Waals surface area contributed by atoms with Gasteiger partial charge in [0.25, 0.3) is 5.91 Å². The van der Waals surface area contributed by atoms with Gasteiger partial charge in [-0.15, -0.1) is 0 Å². The van der Waals surface area contributed by atoms with Crippen LogP contribution in [0.3, 0.4) is 0 Å². The molecule has 0 atom stereocenters. The molecule has 0 saturated heterocycles. The molecule has 4 rings (SSSR count). The van der Waals surface area contributed by atoms with E-state index in [-0.39, 0.29) is 28.9 Å². The molecule has 0 radical (unpaired) electrons. The molecule has 5 nitrogen and oxygen atoms in total. The SMILES string of the molecule is CC1(C)[C@H](Oc2ccc(C#N)c(Br)c2)C(C)(C)[C@H]1N1Cc2nc(Br)ccc2C1=O. The molecular weight excluding hydrogens is 498 g/mol. The van der Waals surface area contributed by atoms with E-state index in [4.69, 9.17) is 10.00 Å². The number of nitrogens with zero attached hydrogens (tertiary/aromatic N) is 3. The minimum absolute atomic E-state index is 0.0160. The van der Waals surface area contributed by atoms with E-state index < -0.39 is 0 Å². The van der Waals surface area contributed by atoms with E-state index in [0.717, 1.165) is 10.3 Å². The third-order valence-electron chi connectivity index (χ3n) is 6.14. The monoisotopic (exact) mass is 517 g/mol. The van der Waals surface area contributed by atoms with Crippen molar-refractivity contribution in [2.75, 3.05) is 0 Å². The van der Waals surface area contributed by atoms with Gasteiger partial charge in [0, 0.05) is 21.3 Å². The van der Waals surface area contributed by atoms with E-state index in [1.807, 2.05) is 29.2 Å². The van der Waals surface area contributed by atoms with Gasteiger partial charge in [-0.3, -0.25) is 4.79 Å². The topological polar surface area (TPSA) is 66.2 Å². The van der Waals surface area contributed by atoms with Crippen molar-refractivity contribution in [3.8, 4) is 11.8 Å². The van der Waals surface area contributed by atoms with Crippen LogP contribution in [0, 0.1) is 22.2 Å². The fourth-order valence-corrected chi connectivity index (χ4v) is 6.19. The molecule has 1 aliphatic heterocycles. The standard InChI is InChI=1S/C22H21Br2N3O2/c1-21(2)19(27-11-16-14(18(27)28)7-8-17(24)26-16)22(3,4)20(21)29-13-6-5-12(10-25)15(23)9-13/h5-9,19-20H,11H2,1-4H3/t19-,20-. The van der Waals surface area contributed by atoms with Gasteiger partial charge in [-0.2, -0.15) is 5.26 Å². The smallest absolute Gasteiger partial charge is 0.256 e. The highest BCUT2D eigenvalue weighted by molar-refractivity contribution is 9.10. The molecule has 150 valence electrons. The third-order valence-corrected chi connectivity index (χ3v) is 7.24. The van der Waals surface area contributed by atoms with Crippen molar-refractivity contribution < 1.29 is 9.53 Å². The normalized spacial score (nSPS) is 23.9. The zero-order valence-corrected chi connectivity index (χ0v) is 19.8. The summed E-state index contributed by atoms with van der Waals surface area (Å²) in [6.07, 6.45) is -0.0870. The van der Waals surface area contributed by atoms with Crippen LogP contribution in [0.1, 0.15) is 49.3 Å². The highest BCUT2D eigenvalue weighted by Gasteiger charge is 2.67. The summed E-state index contributed by atoms with van der Waals surface area (Å²) < 4.78 is 7.84. The Balaban J connectivity index is 1.60. The van der Waals surface area contributed by atoms with Crippen LogP contribution >= 0.6 is 31.9 Å². The summed E-state index contributed by atoms with van der Waals surface area (Å²) in [6.45, 7) is 9.09. The van der Waals surface area contributed by atoms with Crippen LogP contribution in [-0.2, 0) is 6.54 Å². The van der Waals surface area contributed by atoms with Crippen LogP contribution in [0.15, 0.2) is 39.4 Å². The predicted octanol–water partition coefficient (Wildman–Crippen LogP) is 5.32. The fourth-order valence-electron chi connectivity index (χ4n) is 5.40. The van der Waals surface area contributed by atoms with Gasteiger partial charge in [-0.1, -0.05) is 27.7 Å². The number of aromatic nitrogens is 1. The van der Waals surface area contributed by atoms with Gasteiger partial charge in [-0.05, 0) is 62.2 Å². The van der Waals surface area contributed by atoms with E-state index in [1.54, 1.807) is 6.07 Å². The molecule has 1 amide bonds. The summed E-state index contributed by atoms with van der Waals surface area (Å²) in [5.41, 5.74) is 1.57. The number of rotatable bonds is 3. The fraction of sp³-hybridized carbons (Fsp3) is 0.409. The molecule has 1 saturated carbocycles. The summed E-state index contributed by atoms with van der Waals surface area (Å²) in [5.74, 6) is 0.743. The average Bonchev–Trinajstić information content (AvgIpc) is 2.94. The molecule has 7 heteroatoms. The highest BCUT2D eigenvalue weighted by atomic mass is 79.9. The highest BCUT2D eigenvalue weighted by Crippen LogP contribution is 2.59. The second kappa shape index (κ2) is 6.82. The first-order valence-corrected chi connectivity index (χ1v) is 11.0. The number of hydrogen-bond donors (Lipinski definition) is 0. The molecular formula is C22H21Br2N3O2. The number of carbonyl (C=O) groups excluding carboxylic acids is 1. The summed E-state index contributed by atoms with van der Waals surface area (Å²) in [7, 11) is 0. The Morgan fingerprint density at radius 2 is 1.86 bits per heavy atom. The Hall–Kier alpha value is -1.91. The Kier molecular flexibility index (Phi) is 4.79. The number of ether oxygens (including phenoxy) is 1. The number of carbonyl (C=O) groups is 1. The van der Waals surface area contributed by atoms with Crippen LogP contribution in [0.5, 0.6) is 5.75 Å². The van der Waals surface area contributed by atoms with Gasteiger partial charge in [0.2, 0.25) is 0 Å². The van der Waals surface area contributed by atoms with Crippen LogP contribution in [-0.4, -0.2) is 27.9 Å². The van der Waals surface area contributed by atoms with E-state index in [1.165, 1.54) is 0 Å². The van der Waals surface area contributed by atoms with Gasteiger partial charge in [-0.25, -0.2) is 4.98 Å². The molecule has 1 fully saturated rings. The minimum atomic E-state index is -0.251. The van der Waals surface area contributed by atoms with Gasteiger partial charge in [0.05, 0.1) is 23.4 Å². The molecule has 0 spiro atoms. The lowest BCUT2D eigenvalue weighted by Gasteiger charge is -2.65. The lowest BCUT2D eigenvalue weighted by atomic mass is 9.49. The quantitative estimate of drug-likeness (QED) is 0.516. The minimum Gasteiger partial charge on any atom is -0.489 e. The lowest BCUT2D eigenvalue weighted by Crippen LogP contribution is -2.74. The molecule has 0 N–H and O–H groups in total. The van der Waals surface area contributed by atoms with Crippen LogP contribution in [0.4, 0.5) is 0 Å². The van der Waals surface area contributed by atoms with Crippen molar-refractivity contribution in [1.29, 1.82) is 5.26 Å².